The second-order valence-corrected chi connectivity index (χ2v) is 6.80. The quantitative estimate of drug-likeness (QED) is 0.880. The van der Waals surface area contributed by atoms with E-state index in [0.29, 0.717) is 11.1 Å². The first-order valence-corrected chi connectivity index (χ1v) is 8.44. The third kappa shape index (κ3) is 5.33. The Bertz CT molecular complexity index is 822. The number of hydrogen-bond donors (Lipinski definition) is 1. The lowest BCUT2D eigenvalue weighted by molar-refractivity contribution is -0.274. The van der Waals surface area contributed by atoms with Crippen molar-refractivity contribution in [2.24, 2.45) is 0 Å². The molecule has 2 aromatic carbocycles. The van der Waals surface area contributed by atoms with Crippen molar-refractivity contribution in [3.63, 3.8) is 0 Å². The molecule has 0 heterocycles. The number of nitrogens with one attached hydrogen (secondary N) is 1. The van der Waals surface area contributed by atoms with E-state index in [9.17, 15) is 21.6 Å². The van der Waals surface area contributed by atoms with E-state index in [2.05, 4.69) is 9.46 Å². The van der Waals surface area contributed by atoms with Gasteiger partial charge >= 0.3 is 6.36 Å². The number of rotatable bonds is 4. The Morgan fingerprint density at radius 3 is 2.39 bits per heavy atom. The summed E-state index contributed by atoms with van der Waals surface area (Å²) >= 11 is 6.08. The lowest BCUT2D eigenvalue weighted by atomic mass is 10.1. The number of hydrogen-bond acceptors (Lipinski definition) is 3. The first-order chi connectivity index (χ1) is 10.5. The third-order valence-electron chi connectivity index (χ3n) is 2.65. The molecule has 0 bridgehead atoms. The van der Waals surface area contributed by atoms with Crippen LogP contribution in [0.1, 0.15) is 0 Å². The molecular weight excluding hydrogens is 355 g/mol. The minimum atomic E-state index is -4.79. The van der Waals surface area contributed by atoms with Gasteiger partial charge in [0, 0.05) is 11.3 Å². The van der Waals surface area contributed by atoms with Crippen LogP contribution in [0.15, 0.2) is 42.5 Å². The summed E-state index contributed by atoms with van der Waals surface area (Å²) < 4.78 is 65.2. The normalized spacial score (nSPS) is 12.0. The highest BCUT2D eigenvalue weighted by molar-refractivity contribution is 7.92. The molecule has 0 spiro atoms. The third-order valence-corrected chi connectivity index (χ3v) is 3.57. The van der Waals surface area contributed by atoms with Gasteiger partial charge in [-0.15, -0.1) is 13.2 Å². The Kier molecular flexibility index (Phi) is 4.76. The average Bonchev–Trinajstić information content (AvgIpc) is 2.35. The summed E-state index contributed by atoms with van der Waals surface area (Å²) in [4.78, 5) is 0. The number of sulfonamides is 1. The average molecular weight is 366 g/mol. The molecule has 0 amide bonds. The molecule has 0 aliphatic heterocycles. The molecule has 0 aromatic heterocycles. The summed E-state index contributed by atoms with van der Waals surface area (Å²) in [5.74, 6) is -0.371. The maximum absolute atomic E-state index is 12.3. The molecule has 0 saturated heterocycles. The van der Waals surface area contributed by atoms with Crippen LogP contribution >= 0.6 is 11.6 Å². The second-order valence-electron chi connectivity index (χ2n) is 4.64. The van der Waals surface area contributed by atoms with Crippen LogP contribution in [0.5, 0.6) is 5.75 Å². The maximum atomic E-state index is 12.3. The predicted molar refractivity (Wildman–Crippen MR) is 82.0 cm³/mol. The highest BCUT2D eigenvalue weighted by atomic mass is 35.5. The van der Waals surface area contributed by atoms with Crippen molar-refractivity contribution in [2.75, 3.05) is 11.0 Å². The van der Waals surface area contributed by atoms with E-state index in [1.807, 2.05) is 0 Å². The number of benzene rings is 2. The van der Waals surface area contributed by atoms with Crippen molar-refractivity contribution >= 4 is 27.3 Å². The molecule has 23 heavy (non-hydrogen) atoms. The summed E-state index contributed by atoms with van der Waals surface area (Å²) in [6, 6.07) is 9.66. The zero-order valence-electron chi connectivity index (χ0n) is 11.7. The van der Waals surface area contributed by atoms with Crippen molar-refractivity contribution in [3.8, 4) is 16.9 Å². The molecule has 9 heteroatoms. The van der Waals surface area contributed by atoms with Crippen LogP contribution in [0, 0.1) is 0 Å². The van der Waals surface area contributed by atoms with Crippen molar-refractivity contribution in [1.29, 1.82) is 0 Å². The minimum absolute atomic E-state index is 0.183. The van der Waals surface area contributed by atoms with E-state index >= 15 is 0 Å². The maximum Gasteiger partial charge on any atom is 0.573 e. The molecule has 0 atom stereocenters. The van der Waals surface area contributed by atoms with E-state index < -0.39 is 16.4 Å². The van der Waals surface area contributed by atoms with Gasteiger partial charge < -0.3 is 4.74 Å². The van der Waals surface area contributed by atoms with E-state index in [-0.39, 0.29) is 16.5 Å². The Morgan fingerprint density at radius 2 is 1.83 bits per heavy atom. The van der Waals surface area contributed by atoms with Gasteiger partial charge in [-0.2, -0.15) is 0 Å². The highest BCUT2D eigenvalue weighted by Crippen LogP contribution is 2.33. The molecule has 124 valence electrons. The summed E-state index contributed by atoms with van der Waals surface area (Å²) in [6.45, 7) is 0. The number of alkyl halides is 3. The van der Waals surface area contributed by atoms with E-state index in [1.165, 1.54) is 36.4 Å². The summed E-state index contributed by atoms with van der Waals surface area (Å²) in [7, 11) is -3.45. The van der Waals surface area contributed by atoms with Gasteiger partial charge in [0.25, 0.3) is 0 Å². The Hall–Kier alpha value is -1.93. The first kappa shape index (κ1) is 17.4. The highest BCUT2D eigenvalue weighted by Gasteiger charge is 2.31. The van der Waals surface area contributed by atoms with Crippen LogP contribution in [0.4, 0.5) is 18.9 Å². The van der Waals surface area contributed by atoms with Crippen LogP contribution in [0.3, 0.4) is 0 Å². The van der Waals surface area contributed by atoms with Gasteiger partial charge in [0.1, 0.15) is 5.75 Å². The van der Waals surface area contributed by atoms with Crippen molar-refractivity contribution in [1.82, 2.24) is 0 Å². The molecule has 2 aromatic rings. The monoisotopic (exact) mass is 365 g/mol. The Morgan fingerprint density at radius 1 is 1.13 bits per heavy atom. The van der Waals surface area contributed by atoms with E-state index in [0.717, 1.165) is 6.26 Å². The van der Waals surface area contributed by atoms with E-state index in [4.69, 9.17) is 11.6 Å². The summed E-state index contributed by atoms with van der Waals surface area (Å²) in [5.41, 5.74) is 1.10. The molecule has 0 unspecified atom stereocenters. The molecule has 0 radical (unpaired) electrons. The first-order valence-electron chi connectivity index (χ1n) is 6.17. The molecule has 0 aliphatic rings. The lowest BCUT2D eigenvalue weighted by Crippen LogP contribution is -2.17. The summed E-state index contributed by atoms with van der Waals surface area (Å²) in [6.07, 6.45) is -3.79. The fourth-order valence-electron chi connectivity index (χ4n) is 1.89. The number of anilines is 1. The van der Waals surface area contributed by atoms with Gasteiger partial charge in [-0.05, 0) is 29.8 Å². The van der Waals surface area contributed by atoms with Crippen molar-refractivity contribution < 1.29 is 26.3 Å². The molecule has 0 aliphatic carbocycles. The van der Waals surface area contributed by atoms with Gasteiger partial charge in [-0.3, -0.25) is 4.72 Å². The molecule has 4 nitrogen and oxygen atoms in total. The smallest absolute Gasteiger partial charge is 0.406 e. The standard InChI is InChI=1S/C14H11ClF3NO3S/c1-23(20,21)19-10-5-6-12(13(15)8-10)9-3-2-4-11(7-9)22-14(16,17)18/h2-8,19H,1H3. The lowest BCUT2D eigenvalue weighted by Gasteiger charge is -2.12. The van der Waals surface area contributed by atoms with Crippen LogP contribution in [0.25, 0.3) is 11.1 Å². The van der Waals surface area contributed by atoms with Crippen LogP contribution in [-0.4, -0.2) is 21.0 Å². The predicted octanol–water partition coefficient (Wildman–Crippen LogP) is 4.28. The fourth-order valence-corrected chi connectivity index (χ4v) is 2.73. The van der Waals surface area contributed by atoms with Gasteiger partial charge in [0.05, 0.1) is 11.3 Å². The molecule has 1 N–H and O–H groups in total. The molecular formula is C14H11ClF3NO3S. The molecule has 2 rings (SSSR count). The Balaban J connectivity index is 2.34. The molecule has 0 fully saturated rings. The SMILES string of the molecule is CS(=O)(=O)Nc1ccc(-c2cccc(OC(F)(F)F)c2)c(Cl)c1. The number of halogens is 4. The largest absolute Gasteiger partial charge is 0.573 e. The van der Waals surface area contributed by atoms with Crippen LogP contribution in [0.2, 0.25) is 5.02 Å². The van der Waals surface area contributed by atoms with Crippen molar-refractivity contribution in [3.05, 3.63) is 47.5 Å². The zero-order chi connectivity index (χ0) is 17.3. The zero-order valence-corrected chi connectivity index (χ0v) is 13.3. The van der Waals surface area contributed by atoms with Gasteiger partial charge in [-0.1, -0.05) is 29.8 Å². The minimum Gasteiger partial charge on any atom is -0.406 e. The Labute approximate surface area is 135 Å². The van der Waals surface area contributed by atoms with Crippen molar-refractivity contribution in [2.45, 2.75) is 6.36 Å². The van der Waals surface area contributed by atoms with Gasteiger partial charge in [0.15, 0.2) is 0 Å². The number of ether oxygens (including phenoxy) is 1. The van der Waals surface area contributed by atoms with E-state index in [1.54, 1.807) is 6.07 Å². The molecule has 0 saturated carbocycles. The van der Waals surface area contributed by atoms with Gasteiger partial charge in [-0.25, -0.2) is 8.42 Å². The van der Waals surface area contributed by atoms with Crippen LogP contribution < -0.4 is 9.46 Å². The fraction of sp³-hybridized carbons (Fsp3) is 0.143. The second kappa shape index (κ2) is 6.29. The topological polar surface area (TPSA) is 55.4 Å². The summed E-state index contributed by atoms with van der Waals surface area (Å²) in [5, 5.41) is 0.183. The van der Waals surface area contributed by atoms with Crippen LogP contribution in [-0.2, 0) is 10.0 Å². The van der Waals surface area contributed by atoms with Gasteiger partial charge in [0.2, 0.25) is 10.0 Å².